The number of nitrogens with zero attached hydrogens (tertiary/aromatic N) is 2. The molecule has 0 aromatic heterocycles. The maximum atomic E-state index is 11.7. The topological polar surface area (TPSA) is 66.9 Å². The van der Waals surface area contributed by atoms with E-state index in [1.807, 2.05) is 29.5 Å². The molecule has 0 saturated carbocycles. The van der Waals surface area contributed by atoms with Crippen molar-refractivity contribution in [2.45, 2.75) is 18.2 Å². The van der Waals surface area contributed by atoms with Crippen LogP contribution >= 0.6 is 11.8 Å². The first kappa shape index (κ1) is 17.7. The SMILES string of the molecule is CCOC(=O)CC1=CSc2cc(N(C)S(C)(=O)=O)ccc2N1C. The lowest BCUT2D eigenvalue weighted by molar-refractivity contribution is -0.142. The molecule has 23 heavy (non-hydrogen) atoms. The van der Waals surface area contributed by atoms with Crippen LogP contribution in [0.2, 0.25) is 0 Å². The molecule has 0 amide bonds. The molecule has 0 saturated heterocycles. The number of hydrogen-bond donors (Lipinski definition) is 0. The third-order valence-corrected chi connectivity index (χ3v) is 5.73. The lowest BCUT2D eigenvalue weighted by Gasteiger charge is -2.29. The highest BCUT2D eigenvalue weighted by Gasteiger charge is 2.21. The summed E-state index contributed by atoms with van der Waals surface area (Å²) in [5, 5.41) is 1.89. The number of benzene rings is 1. The van der Waals surface area contributed by atoms with Gasteiger partial charge in [0, 0.05) is 24.7 Å². The second-order valence-corrected chi connectivity index (χ2v) is 8.08. The predicted octanol–water partition coefficient (Wildman–Crippen LogP) is 2.42. The molecule has 0 radical (unpaired) electrons. The molecule has 0 aliphatic carbocycles. The Morgan fingerprint density at radius 3 is 2.70 bits per heavy atom. The first-order valence-corrected chi connectivity index (χ1v) is 9.80. The Morgan fingerprint density at radius 2 is 2.09 bits per heavy atom. The Balaban J connectivity index is 2.24. The van der Waals surface area contributed by atoms with E-state index in [0.29, 0.717) is 12.3 Å². The highest BCUT2D eigenvalue weighted by Crippen LogP contribution is 2.40. The van der Waals surface area contributed by atoms with Crippen LogP contribution in [-0.4, -0.2) is 41.3 Å². The van der Waals surface area contributed by atoms with Gasteiger partial charge in [-0.05, 0) is 30.5 Å². The van der Waals surface area contributed by atoms with Gasteiger partial charge < -0.3 is 9.64 Å². The monoisotopic (exact) mass is 356 g/mol. The number of carbonyl (C=O) groups excluding carboxylic acids is 1. The largest absolute Gasteiger partial charge is 0.466 e. The Morgan fingerprint density at radius 1 is 1.39 bits per heavy atom. The van der Waals surface area contributed by atoms with Crippen molar-refractivity contribution >= 4 is 39.1 Å². The molecule has 0 atom stereocenters. The second kappa shape index (κ2) is 6.84. The zero-order chi connectivity index (χ0) is 17.2. The zero-order valence-corrected chi connectivity index (χ0v) is 15.2. The van der Waals surface area contributed by atoms with Crippen LogP contribution in [0.5, 0.6) is 0 Å². The van der Waals surface area contributed by atoms with E-state index >= 15 is 0 Å². The van der Waals surface area contributed by atoms with Crippen molar-refractivity contribution in [3.63, 3.8) is 0 Å². The molecular weight excluding hydrogens is 336 g/mol. The van der Waals surface area contributed by atoms with Crippen molar-refractivity contribution in [1.82, 2.24) is 0 Å². The van der Waals surface area contributed by atoms with E-state index < -0.39 is 10.0 Å². The van der Waals surface area contributed by atoms with Gasteiger partial charge in [-0.15, -0.1) is 0 Å². The molecule has 1 aromatic rings. The van der Waals surface area contributed by atoms with Gasteiger partial charge in [0.05, 0.1) is 30.7 Å². The molecule has 0 fully saturated rings. The van der Waals surface area contributed by atoms with Crippen molar-refractivity contribution in [2.24, 2.45) is 0 Å². The van der Waals surface area contributed by atoms with Crippen LogP contribution in [0.25, 0.3) is 0 Å². The minimum Gasteiger partial charge on any atom is -0.466 e. The minimum absolute atomic E-state index is 0.210. The molecule has 126 valence electrons. The number of carbonyl (C=O) groups is 1. The molecule has 1 aliphatic heterocycles. The first-order chi connectivity index (χ1) is 10.7. The van der Waals surface area contributed by atoms with Crippen molar-refractivity contribution in [3.05, 3.63) is 29.3 Å². The molecule has 1 aliphatic rings. The van der Waals surface area contributed by atoms with E-state index in [4.69, 9.17) is 4.74 Å². The second-order valence-electron chi connectivity index (χ2n) is 5.15. The Bertz CT molecular complexity index is 744. The van der Waals surface area contributed by atoms with Gasteiger partial charge in [0.2, 0.25) is 10.0 Å². The van der Waals surface area contributed by atoms with Gasteiger partial charge in [-0.2, -0.15) is 0 Å². The fourth-order valence-electron chi connectivity index (χ4n) is 2.15. The van der Waals surface area contributed by atoms with Gasteiger partial charge in [0.1, 0.15) is 0 Å². The molecule has 1 heterocycles. The molecule has 0 spiro atoms. The summed E-state index contributed by atoms with van der Waals surface area (Å²) >= 11 is 1.47. The van der Waals surface area contributed by atoms with E-state index in [1.165, 1.54) is 29.4 Å². The average Bonchev–Trinajstić information content (AvgIpc) is 2.48. The molecule has 8 heteroatoms. The highest BCUT2D eigenvalue weighted by molar-refractivity contribution is 8.02. The van der Waals surface area contributed by atoms with Crippen molar-refractivity contribution in [3.8, 4) is 0 Å². The van der Waals surface area contributed by atoms with Crippen LogP contribution in [-0.2, 0) is 19.6 Å². The maximum Gasteiger partial charge on any atom is 0.311 e. The van der Waals surface area contributed by atoms with Crippen LogP contribution in [0.1, 0.15) is 13.3 Å². The molecule has 0 unspecified atom stereocenters. The summed E-state index contributed by atoms with van der Waals surface area (Å²) in [6, 6.07) is 5.44. The summed E-state index contributed by atoms with van der Waals surface area (Å²) < 4.78 is 29.5. The number of esters is 1. The van der Waals surface area contributed by atoms with Gasteiger partial charge in [-0.25, -0.2) is 8.42 Å². The van der Waals surface area contributed by atoms with Gasteiger partial charge in [-0.1, -0.05) is 11.8 Å². The van der Waals surface area contributed by atoms with E-state index in [-0.39, 0.29) is 12.4 Å². The number of hydrogen-bond acceptors (Lipinski definition) is 6. The molecule has 1 aromatic carbocycles. The summed E-state index contributed by atoms with van der Waals surface area (Å²) in [7, 11) is 0.108. The number of sulfonamides is 1. The number of rotatable bonds is 5. The van der Waals surface area contributed by atoms with Gasteiger partial charge in [0.25, 0.3) is 0 Å². The third kappa shape index (κ3) is 4.00. The van der Waals surface area contributed by atoms with Crippen molar-refractivity contribution < 1.29 is 17.9 Å². The predicted molar refractivity (Wildman–Crippen MR) is 93.3 cm³/mol. The lowest BCUT2D eigenvalue weighted by atomic mass is 10.2. The Kier molecular flexibility index (Phi) is 5.26. The van der Waals surface area contributed by atoms with Crippen LogP contribution in [0.3, 0.4) is 0 Å². The number of anilines is 2. The van der Waals surface area contributed by atoms with Crippen LogP contribution in [0, 0.1) is 0 Å². The average molecular weight is 356 g/mol. The first-order valence-electron chi connectivity index (χ1n) is 7.07. The standard InChI is InChI=1S/C15H20N2O4S2/c1-5-21-15(18)9-12-10-22-14-8-11(17(3)23(4,19)20)6-7-13(14)16(12)2/h6-8,10H,5,9H2,1-4H3. The fourth-order valence-corrected chi connectivity index (χ4v) is 3.66. The van der Waals surface area contributed by atoms with Crippen LogP contribution < -0.4 is 9.21 Å². The van der Waals surface area contributed by atoms with Crippen LogP contribution in [0.15, 0.2) is 34.2 Å². The quantitative estimate of drug-likeness (QED) is 0.755. The highest BCUT2D eigenvalue weighted by atomic mass is 32.2. The van der Waals surface area contributed by atoms with Gasteiger partial charge >= 0.3 is 5.97 Å². The van der Waals surface area contributed by atoms with Crippen molar-refractivity contribution in [2.75, 3.05) is 36.2 Å². The smallest absolute Gasteiger partial charge is 0.311 e. The molecule has 6 nitrogen and oxygen atoms in total. The summed E-state index contributed by atoms with van der Waals surface area (Å²) in [6.07, 6.45) is 1.38. The Labute approximate surface area is 141 Å². The Hall–Kier alpha value is -1.67. The summed E-state index contributed by atoms with van der Waals surface area (Å²) in [5.41, 5.74) is 2.39. The lowest BCUT2D eigenvalue weighted by Crippen LogP contribution is -2.25. The number of ether oxygens (including phenoxy) is 1. The summed E-state index contributed by atoms with van der Waals surface area (Å²) in [4.78, 5) is 14.5. The van der Waals surface area contributed by atoms with E-state index in [0.717, 1.165) is 16.3 Å². The minimum atomic E-state index is -3.30. The summed E-state index contributed by atoms with van der Waals surface area (Å²) in [6.45, 7) is 2.14. The van der Waals surface area contributed by atoms with Gasteiger partial charge in [0.15, 0.2) is 0 Å². The van der Waals surface area contributed by atoms with E-state index in [1.54, 1.807) is 13.0 Å². The summed E-state index contributed by atoms with van der Waals surface area (Å²) in [5.74, 6) is -0.261. The fraction of sp³-hybridized carbons (Fsp3) is 0.400. The third-order valence-electron chi connectivity index (χ3n) is 3.55. The van der Waals surface area contributed by atoms with Crippen molar-refractivity contribution in [1.29, 1.82) is 0 Å². The molecular formula is C15H20N2O4S2. The zero-order valence-electron chi connectivity index (χ0n) is 13.6. The van der Waals surface area contributed by atoms with E-state index in [2.05, 4.69) is 0 Å². The normalized spacial score (nSPS) is 14.1. The van der Waals surface area contributed by atoms with Crippen LogP contribution in [0.4, 0.5) is 11.4 Å². The van der Waals surface area contributed by atoms with E-state index in [9.17, 15) is 13.2 Å². The molecule has 2 rings (SSSR count). The number of fused-ring (bicyclic) bond motifs is 1. The molecule has 0 bridgehead atoms. The molecule has 0 N–H and O–H groups in total. The van der Waals surface area contributed by atoms with Gasteiger partial charge in [-0.3, -0.25) is 9.10 Å². The number of thioether (sulfide) groups is 1. The maximum absolute atomic E-state index is 11.7.